The second-order valence-electron chi connectivity index (χ2n) is 5.69. The number of hydrogen-bond donors (Lipinski definition) is 3. The van der Waals surface area contributed by atoms with Gasteiger partial charge < -0.3 is 10.5 Å². The highest BCUT2D eigenvalue weighted by atomic mass is 32.2. The lowest BCUT2D eigenvalue weighted by molar-refractivity contribution is 0.0522. The fraction of sp³-hybridized carbons (Fsp3) is 0.714. The van der Waals surface area contributed by atoms with Gasteiger partial charge in [0.05, 0.1) is 12.8 Å². The summed E-state index contributed by atoms with van der Waals surface area (Å²) in [6.07, 6.45) is 6.41. The van der Waals surface area contributed by atoms with E-state index >= 15 is 0 Å². The normalized spacial score (nSPS) is 17.8. The molecule has 0 aliphatic heterocycles. The molecule has 1 unspecified atom stereocenters. The molecule has 1 aromatic heterocycles. The molecule has 1 atom stereocenters. The van der Waals surface area contributed by atoms with Gasteiger partial charge in [-0.25, -0.2) is 17.9 Å². The highest BCUT2D eigenvalue weighted by Crippen LogP contribution is 2.27. The van der Waals surface area contributed by atoms with E-state index in [-0.39, 0.29) is 35.7 Å². The Morgan fingerprint density at radius 2 is 2.17 bits per heavy atom. The zero-order valence-corrected chi connectivity index (χ0v) is 14.1. The van der Waals surface area contributed by atoms with Crippen molar-refractivity contribution >= 4 is 16.0 Å². The van der Waals surface area contributed by atoms with Crippen LogP contribution in [0.1, 0.15) is 49.4 Å². The third-order valence-corrected chi connectivity index (χ3v) is 5.61. The smallest absolute Gasteiger partial charge is 0.342 e. The number of aromatic amines is 1. The number of hydrogen-bond acceptors (Lipinski definition) is 6. The van der Waals surface area contributed by atoms with Crippen LogP contribution in [-0.4, -0.2) is 43.8 Å². The average molecular weight is 344 g/mol. The van der Waals surface area contributed by atoms with Crippen LogP contribution in [0.3, 0.4) is 0 Å². The average Bonchev–Trinajstić information content (AvgIpc) is 3.04. The van der Waals surface area contributed by atoms with Crippen molar-refractivity contribution in [2.75, 3.05) is 13.2 Å². The van der Waals surface area contributed by atoms with Crippen LogP contribution in [0.15, 0.2) is 11.2 Å². The van der Waals surface area contributed by atoms with E-state index in [0.29, 0.717) is 0 Å². The number of nitrogens with two attached hydrogens (primary N) is 1. The third-order valence-electron chi connectivity index (χ3n) is 4.15. The lowest BCUT2D eigenvalue weighted by Crippen LogP contribution is -2.46. The van der Waals surface area contributed by atoms with Crippen LogP contribution in [0, 0.1) is 5.92 Å². The molecule has 4 N–H and O–H groups in total. The van der Waals surface area contributed by atoms with Gasteiger partial charge in [-0.15, -0.1) is 0 Å². The zero-order chi connectivity index (χ0) is 16.9. The molecule has 0 radical (unpaired) electrons. The van der Waals surface area contributed by atoms with Gasteiger partial charge in [0, 0.05) is 12.6 Å². The molecule has 0 amide bonds. The molecule has 1 saturated carbocycles. The van der Waals surface area contributed by atoms with Gasteiger partial charge in [-0.05, 0) is 25.7 Å². The van der Waals surface area contributed by atoms with Gasteiger partial charge in [-0.2, -0.15) is 5.10 Å². The Kier molecular flexibility index (Phi) is 6.14. The zero-order valence-electron chi connectivity index (χ0n) is 13.2. The third kappa shape index (κ3) is 4.30. The first-order valence-corrected chi connectivity index (χ1v) is 9.40. The molecule has 0 bridgehead atoms. The number of aromatic nitrogens is 2. The molecule has 0 saturated heterocycles. The highest BCUT2D eigenvalue weighted by Gasteiger charge is 2.31. The first-order valence-electron chi connectivity index (χ1n) is 7.92. The van der Waals surface area contributed by atoms with Crippen molar-refractivity contribution in [3.05, 3.63) is 11.8 Å². The summed E-state index contributed by atoms with van der Waals surface area (Å²) in [5.74, 6) is -0.499. The van der Waals surface area contributed by atoms with Crippen molar-refractivity contribution in [3.63, 3.8) is 0 Å². The van der Waals surface area contributed by atoms with Gasteiger partial charge in [-0.3, -0.25) is 5.10 Å². The lowest BCUT2D eigenvalue weighted by atomic mass is 9.84. The molecular weight excluding hydrogens is 320 g/mol. The van der Waals surface area contributed by atoms with E-state index < -0.39 is 16.0 Å². The van der Waals surface area contributed by atoms with E-state index in [2.05, 4.69) is 14.9 Å². The molecule has 1 aliphatic carbocycles. The maximum absolute atomic E-state index is 12.6. The van der Waals surface area contributed by atoms with E-state index in [9.17, 15) is 13.2 Å². The molecule has 130 valence electrons. The second-order valence-corrected chi connectivity index (χ2v) is 7.35. The SMILES string of the molecule is CCOC(=O)c1cn[nH]c1S(=O)(=O)NC(CN)C1CCCCC1. The van der Waals surface area contributed by atoms with Crippen LogP contribution in [0.5, 0.6) is 0 Å². The van der Waals surface area contributed by atoms with Crippen molar-refractivity contribution in [1.82, 2.24) is 14.9 Å². The Morgan fingerprint density at radius 1 is 1.48 bits per heavy atom. The van der Waals surface area contributed by atoms with Crippen molar-refractivity contribution in [1.29, 1.82) is 0 Å². The van der Waals surface area contributed by atoms with Gasteiger partial charge >= 0.3 is 5.97 Å². The summed E-state index contributed by atoms with van der Waals surface area (Å²) in [5, 5.41) is 5.76. The Balaban J connectivity index is 2.17. The minimum Gasteiger partial charge on any atom is -0.462 e. The van der Waals surface area contributed by atoms with Gasteiger partial charge in [0.1, 0.15) is 5.56 Å². The topological polar surface area (TPSA) is 127 Å². The maximum Gasteiger partial charge on any atom is 0.342 e. The quantitative estimate of drug-likeness (QED) is 0.627. The first-order chi connectivity index (χ1) is 11.0. The number of esters is 1. The summed E-state index contributed by atoms with van der Waals surface area (Å²) in [4.78, 5) is 11.8. The Bertz CT molecular complexity index is 622. The van der Waals surface area contributed by atoms with E-state index in [1.165, 1.54) is 6.42 Å². The number of rotatable bonds is 7. The van der Waals surface area contributed by atoms with Crippen molar-refractivity contribution in [2.45, 2.75) is 50.1 Å². The molecule has 1 aromatic rings. The van der Waals surface area contributed by atoms with Gasteiger partial charge in [0.2, 0.25) is 0 Å². The molecule has 0 spiro atoms. The van der Waals surface area contributed by atoms with E-state index in [0.717, 1.165) is 31.9 Å². The molecule has 8 nitrogen and oxygen atoms in total. The molecule has 0 aromatic carbocycles. The number of carbonyl (C=O) groups is 1. The summed E-state index contributed by atoms with van der Waals surface area (Å²) < 4.78 is 32.7. The van der Waals surface area contributed by atoms with Crippen molar-refractivity contribution < 1.29 is 17.9 Å². The van der Waals surface area contributed by atoms with Crippen molar-refractivity contribution in [2.24, 2.45) is 11.7 Å². The number of nitrogens with zero attached hydrogens (tertiary/aromatic N) is 1. The summed E-state index contributed by atoms with van der Waals surface area (Å²) in [6, 6.07) is -0.348. The molecule has 1 heterocycles. The minimum absolute atomic E-state index is 0.0984. The monoisotopic (exact) mass is 344 g/mol. The number of sulfonamides is 1. The van der Waals surface area contributed by atoms with Gasteiger partial charge in [0.15, 0.2) is 5.03 Å². The van der Waals surface area contributed by atoms with Crippen LogP contribution in [0.4, 0.5) is 0 Å². The van der Waals surface area contributed by atoms with Crippen LogP contribution in [0.25, 0.3) is 0 Å². The van der Waals surface area contributed by atoms with Crippen molar-refractivity contribution in [3.8, 4) is 0 Å². The van der Waals surface area contributed by atoms with Crippen LogP contribution in [0.2, 0.25) is 0 Å². The van der Waals surface area contributed by atoms with Crippen LogP contribution >= 0.6 is 0 Å². The Labute approximate surface area is 136 Å². The van der Waals surface area contributed by atoms with E-state index in [4.69, 9.17) is 10.5 Å². The predicted molar refractivity (Wildman–Crippen MR) is 84.3 cm³/mol. The Morgan fingerprint density at radius 3 is 2.78 bits per heavy atom. The minimum atomic E-state index is -3.92. The largest absolute Gasteiger partial charge is 0.462 e. The number of ether oxygens (including phenoxy) is 1. The second kappa shape index (κ2) is 7.89. The fourth-order valence-corrected chi connectivity index (χ4v) is 4.37. The summed E-state index contributed by atoms with van der Waals surface area (Å²) >= 11 is 0. The number of carbonyl (C=O) groups excluding carboxylic acids is 1. The highest BCUT2D eigenvalue weighted by molar-refractivity contribution is 7.89. The summed E-state index contributed by atoms with van der Waals surface area (Å²) in [6.45, 7) is 2.02. The summed E-state index contributed by atoms with van der Waals surface area (Å²) in [7, 11) is -3.92. The number of H-pyrrole nitrogens is 1. The molecule has 2 rings (SSSR count). The Hall–Kier alpha value is -1.45. The maximum atomic E-state index is 12.6. The summed E-state index contributed by atoms with van der Waals surface area (Å²) in [5.41, 5.74) is 5.67. The van der Waals surface area contributed by atoms with Gasteiger partial charge in [-0.1, -0.05) is 19.3 Å². The lowest BCUT2D eigenvalue weighted by Gasteiger charge is -2.29. The number of nitrogens with one attached hydrogen (secondary N) is 2. The van der Waals surface area contributed by atoms with Crippen LogP contribution in [-0.2, 0) is 14.8 Å². The van der Waals surface area contributed by atoms with E-state index in [1.807, 2.05) is 0 Å². The molecular formula is C14H24N4O4S. The molecule has 23 heavy (non-hydrogen) atoms. The predicted octanol–water partition coefficient (Wildman–Crippen LogP) is 0.772. The van der Waals surface area contributed by atoms with E-state index in [1.54, 1.807) is 6.92 Å². The molecule has 1 aliphatic rings. The molecule has 1 fully saturated rings. The standard InChI is InChI=1S/C14H24N4O4S/c1-2-22-14(19)11-9-16-17-13(11)23(20,21)18-12(8-15)10-6-4-3-5-7-10/h9-10,12,18H,2-8,15H2,1H3,(H,16,17). The van der Waals surface area contributed by atoms with Gasteiger partial charge in [0.25, 0.3) is 10.0 Å². The molecule has 9 heteroatoms. The fourth-order valence-electron chi connectivity index (χ4n) is 2.96. The first kappa shape index (κ1) is 17.9. The van der Waals surface area contributed by atoms with Crippen LogP contribution < -0.4 is 10.5 Å².